The third kappa shape index (κ3) is 2.62. The smallest absolute Gasteiger partial charge is 0.429 e. The second kappa shape index (κ2) is 6.04. The summed E-state index contributed by atoms with van der Waals surface area (Å²) in [4.78, 5) is 0. The lowest BCUT2D eigenvalue weighted by Crippen LogP contribution is -2.43. The highest BCUT2D eigenvalue weighted by Gasteiger charge is 2.30. The number of rotatable bonds is 2. The topological polar surface area (TPSA) is 72.7 Å². The maximum absolute atomic E-state index is 14.3. The van der Waals surface area contributed by atoms with Gasteiger partial charge in [-0.2, -0.15) is 0 Å². The van der Waals surface area contributed by atoms with E-state index in [1.54, 1.807) is 30.3 Å². The van der Waals surface area contributed by atoms with Gasteiger partial charge in [0.15, 0.2) is 0 Å². The van der Waals surface area contributed by atoms with Crippen LogP contribution in [0.5, 0.6) is 0 Å². The van der Waals surface area contributed by atoms with Crippen molar-refractivity contribution >= 4 is 30.8 Å². The molecule has 25 heavy (non-hydrogen) atoms. The van der Waals surface area contributed by atoms with Crippen molar-refractivity contribution in [2.75, 3.05) is 5.23 Å². The van der Waals surface area contributed by atoms with Gasteiger partial charge < -0.3 is 20.3 Å². The molecule has 0 fully saturated rings. The largest absolute Gasteiger partial charge is 0.489 e. The van der Waals surface area contributed by atoms with Crippen molar-refractivity contribution in [2.24, 2.45) is 0 Å². The van der Waals surface area contributed by atoms with E-state index in [2.05, 4.69) is 5.23 Å². The molecular weight excluding hydrogens is 319 g/mol. The quantitative estimate of drug-likeness (QED) is 0.527. The summed E-state index contributed by atoms with van der Waals surface area (Å²) in [5.74, 6) is -0.441. The van der Waals surface area contributed by atoms with Gasteiger partial charge in [-0.1, -0.05) is 48.5 Å². The average molecular weight is 333 g/mol. The first kappa shape index (κ1) is 15.9. The van der Waals surface area contributed by atoms with Gasteiger partial charge in [0.2, 0.25) is 0 Å². The molecule has 0 bridgehead atoms. The standard InChI is InChI=1S/C18H14B2FNO3/c21-11-9-14-12-5-1-3-7-16(12)19(23)22-18(14)15(10-11)13-6-2-4-8-17(13)20(24)25/h1-10,22-25H. The first-order chi connectivity index (χ1) is 12.1. The molecule has 0 unspecified atom stereocenters. The maximum atomic E-state index is 14.3. The minimum absolute atomic E-state index is 0.269. The van der Waals surface area contributed by atoms with Crippen molar-refractivity contribution in [2.45, 2.75) is 0 Å². The molecule has 1 heterocycles. The molecule has 7 heteroatoms. The Morgan fingerprint density at radius 2 is 1.44 bits per heavy atom. The number of nitrogens with one attached hydrogen (secondary N) is 1. The zero-order valence-corrected chi connectivity index (χ0v) is 13.1. The van der Waals surface area contributed by atoms with E-state index in [-0.39, 0.29) is 5.46 Å². The lowest BCUT2D eigenvalue weighted by Gasteiger charge is -2.27. The fraction of sp³-hybridized carbons (Fsp3) is 0. The lowest BCUT2D eigenvalue weighted by molar-refractivity contribution is 0.426. The van der Waals surface area contributed by atoms with Gasteiger partial charge in [0, 0.05) is 16.8 Å². The number of halogens is 1. The Morgan fingerprint density at radius 1 is 0.840 bits per heavy atom. The average Bonchev–Trinajstić information content (AvgIpc) is 2.62. The van der Waals surface area contributed by atoms with Gasteiger partial charge in [-0.05, 0) is 34.2 Å². The predicted octanol–water partition coefficient (Wildman–Crippen LogP) is 0.952. The van der Waals surface area contributed by atoms with E-state index in [1.165, 1.54) is 12.1 Å². The van der Waals surface area contributed by atoms with Gasteiger partial charge in [0.1, 0.15) is 5.82 Å². The zero-order chi connectivity index (χ0) is 17.6. The highest BCUT2D eigenvalue weighted by molar-refractivity contribution is 6.72. The monoisotopic (exact) mass is 333 g/mol. The minimum atomic E-state index is -1.68. The van der Waals surface area contributed by atoms with Crippen molar-refractivity contribution in [3.8, 4) is 22.3 Å². The summed E-state index contributed by atoms with van der Waals surface area (Å²) >= 11 is 0. The summed E-state index contributed by atoms with van der Waals surface area (Å²) in [5.41, 5.74) is 3.82. The molecule has 0 atom stereocenters. The molecule has 1 aliphatic heterocycles. The maximum Gasteiger partial charge on any atom is 0.489 e. The molecule has 0 saturated heterocycles. The van der Waals surface area contributed by atoms with E-state index >= 15 is 0 Å². The highest BCUT2D eigenvalue weighted by atomic mass is 19.1. The van der Waals surface area contributed by atoms with E-state index in [1.807, 2.05) is 18.2 Å². The molecular formula is C18H14B2FNO3. The SMILES string of the molecule is OB(O)c1ccccc1-c1cc(F)cc2c1NB(O)c1ccccc1-2. The van der Waals surface area contributed by atoms with Crippen molar-refractivity contribution in [1.82, 2.24) is 0 Å². The Hall–Kier alpha value is -2.60. The van der Waals surface area contributed by atoms with E-state index in [0.29, 0.717) is 27.8 Å². The van der Waals surface area contributed by atoms with Gasteiger partial charge in [0.25, 0.3) is 0 Å². The number of fused-ring (bicyclic) bond motifs is 3. The van der Waals surface area contributed by atoms with E-state index in [0.717, 1.165) is 5.56 Å². The molecule has 4 rings (SSSR count). The second-order valence-corrected chi connectivity index (χ2v) is 5.97. The number of benzene rings is 3. The second-order valence-electron chi connectivity index (χ2n) is 5.97. The fourth-order valence-corrected chi connectivity index (χ4v) is 3.35. The van der Waals surface area contributed by atoms with Gasteiger partial charge in [-0.25, -0.2) is 4.39 Å². The van der Waals surface area contributed by atoms with Crippen molar-refractivity contribution < 1.29 is 19.5 Å². The van der Waals surface area contributed by atoms with Gasteiger partial charge in [-0.3, -0.25) is 0 Å². The summed E-state index contributed by atoms with van der Waals surface area (Å²) in [6.45, 7) is 0. The van der Waals surface area contributed by atoms with Crippen LogP contribution in [0.3, 0.4) is 0 Å². The zero-order valence-electron chi connectivity index (χ0n) is 13.1. The molecule has 3 aromatic carbocycles. The number of anilines is 1. The molecule has 3 aromatic rings. The van der Waals surface area contributed by atoms with Crippen LogP contribution in [0.15, 0.2) is 60.7 Å². The molecule has 0 spiro atoms. The van der Waals surface area contributed by atoms with Crippen LogP contribution in [0.25, 0.3) is 22.3 Å². The Balaban J connectivity index is 2.02. The molecule has 4 N–H and O–H groups in total. The van der Waals surface area contributed by atoms with Crippen molar-refractivity contribution in [3.05, 3.63) is 66.5 Å². The van der Waals surface area contributed by atoms with Crippen LogP contribution in [-0.4, -0.2) is 29.2 Å². The number of hydrogen-bond acceptors (Lipinski definition) is 4. The Kier molecular flexibility index (Phi) is 3.84. The van der Waals surface area contributed by atoms with Gasteiger partial charge in [0.05, 0.1) is 0 Å². The fourth-order valence-electron chi connectivity index (χ4n) is 3.35. The van der Waals surface area contributed by atoms with Gasteiger partial charge in [-0.15, -0.1) is 0 Å². The summed E-state index contributed by atoms with van der Waals surface area (Å²) in [6, 6.07) is 16.7. The van der Waals surface area contributed by atoms with Crippen molar-refractivity contribution in [1.29, 1.82) is 0 Å². The molecule has 0 aliphatic carbocycles. The molecule has 0 aromatic heterocycles. The summed E-state index contributed by atoms with van der Waals surface area (Å²) in [7, 11) is -2.62. The molecule has 0 saturated carbocycles. The van der Waals surface area contributed by atoms with Crippen LogP contribution in [0.1, 0.15) is 0 Å². The van der Waals surface area contributed by atoms with Crippen LogP contribution in [0.2, 0.25) is 0 Å². The number of hydrogen-bond donors (Lipinski definition) is 4. The summed E-state index contributed by atoms with van der Waals surface area (Å²) in [6.07, 6.45) is 0. The van der Waals surface area contributed by atoms with E-state index in [9.17, 15) is 19.5 Å². The Labute approximate surface area is 144 Å². The Bertz CT molecular complexity index is 965. The molecule has 0 radical (unpaired) electrons. The first-order valence-electron chi connectivity index (χ1n) is 7.89. The summed E-state index contributed by atoms with van der Waals surface area (Å²) in [5, 5.41) is 32.7. The Morgan fingerprint density at radius 3 is 2.16 bits per heavy atom. The van der Waals surface area contributed by atoms with E-state index < -0.39 is 20.0 Å². The minimum Gasteiger partial charge on any atom is -0.429 e. The first-order valence-corrected chi connectivity index (χ1v) is 7.89. The van der Waals surface area contributed by atoms with Gasteiger partial charge >= 0.3 is 14.2 Å². The van der Waals surface area contributed by atoms with E-state index in [4.69, 9.17) is 0 Å². The van der Waals surface area contributed by atoms with Crippen LogP contribution in [0.4, 0.5) is 10.1 Å². The highest BCUT2D eigenvalue weighted by Crippen LogP contribution is 2.39. The molecule has 4 nitrogen and oxygen atoms in total. The predicted molar refractivity (Wildman–Crippen MR) is 98.3 cm³/mol. The lowest BCUT2D eigenvalue weighted by atomic mass is 9.66. The summed E-state index contributed by atoms with van der Waals surface area (Å²) < 4.78 is 14.3. The molecule has 1 aliphatic rings. The third-order valence-corrected chi connectivity index (χ3v) is 4.46. The molecule has 0 amide bonds. The molecule has 122 valence electrons. The van der Waals surface area contributed by atoms with Crippen LogP contribution in [0, 0.1) is 5.82 Å². The van der Waals surface area contributed by atoms with Crippen LogP contribution in [-0.2, 0) is 0 Å². The normalized spacial score (nSPS) is 12.2. The van der Waals surface area contributed by atoms with Crippen LogP contribution >= 0.6 is 0 Å². The third-order valence-electron chi connectivity index (χ3n) is 4.46. The van der Waals surface area contributed by atoms with Crippen molar-refractivity contribution in [3.63, 3.8) is 0 Å². The van der Waals surface area contributed by atoms with Crippen LogP contribution < -0.4 is 16.2 Å².